The van der Waals surface area contributed by atoms with E-state index in [1.54, 1.807) is 0 Å². The summed E-state index contributed by atoms with van der Waals surface area (Å²) in [6, 6.07) is 0. The Morgan fingerprint density at radius 1 is 1.33 bits per heavy atom. The van der Waals surface area contributed by atoms with Crippen molar-refractivity contribution in [1.29, 1.82) is 0 Å². The molecule has 0 aromatic carbocycles. The van der Waals surface area contributed by atoms with Gasteiger partial charge in [0, 0.05) is 18.8 Å². The van der Waals surface area contributed by atoms with Gasteiger partial charge in [0.15, 0.2) is 5.78 Å². The van der Waals surface area contributed by atoms with Crippen LogP contribution in [0.15, 0.2) is 12.2 Å². The van der Waals surface area contributed by atoms with Crippen LogP contribution in [0.25, 0.3) is 0 Å². The summed E-state index contributed by atoms with van der Waals surface area (Å²) < 4.78 is 25.0. The van der Waals surface area contributed by atoms with Crippen LogP contribution in [0, 0.1) is 17.8 Å². The predicted octanol–water partition coefficient (Wildman–Crippen LogP) is 3.45. The summed E-state index contributed by atoms with van der Waals surface area (Å²) in [5, 5.41) is 0. The van der Waals surface area contributed by atoms with Crippen LogP contribution in [0.1, 0.15) is 33.6 Å². The van der Waals surface area contributed by atoms with Crippen LogP contribution in [-0.4, -0.2) is 11.7 Å². The van der Waals surface area contributed by atoms with Crippen molar-refractivity contribution in [2.24, 2.45) is 17.8 Å². The molecule has 0 amide bonds. The molecule has 1 saturated carbocycles. The van der Waals surface area contributed by atoms with Crippen molar-refractivity contribution in [2.45, 2.75) is 39.5 Å². The Bertz CT molecular complexity index is 261. The highest BCUT2D eigenvalue weighted by Gasteiger charge is 2.47. The minimum atomic E-state index is -2.60. The molecule has 0 bridgehead atoms. The summed E-state index contributed by atoms with van der Waals surface area (Å²) in [5.41, 5.74) is 0. The Kier molecular flexibility index (Phi) is 3.63. The lowest BCUT2D eigenvalue weighted by Gasteiger charge is -2.33. The van der Waals surface area contributed by atoms with E-state index in [2.05, 4.69) is 13.8 Å². The van der Waals surface area contributed by atoms with Crippen molar-refractivity contribution >= 4 is 5.78 Å². The Morgan fingerprint density at radius 3 is 2.27 bits per heavy atom. The second kappa shape index (κ2) is 4.42. The van der Waals surface area contributed by atoms with Crippen LogP contribution in [0.2, 0.25) is 0 Å². The SMILES string of the molecule is CC(C)[C@H](C)/C=C/C(=O)C1CC(F)(F)C1. The summed E-state index contributed by atoms with van der Waals surface area (Å²) in [7, 11) is 0. The maximum absolute atomic E-state index is 12.5. The molecule has 1 atom stereocenters. The molecule has 0 aromatic rings. The summed E-state index contributed by atoms with van der Waals surface area (Å²) in [6.45, 7) is 6.15. The van der Waals surface area contributed by atoms with Gasteiger partial charge in [-0.05, 0) is 17.9 Å². The van der Waals surface area contributed by atoms with Crippen LogP contribution in [0.5, 0.6) is 0 Å². The van der Waals surface area contributed by atoms with E-state index in [9.17, 15) is 13.6 Å². The van der Waals surface area contributed by atoms with Crippen LogP contribution >= 0.6 is 0 Å². The molecule has 0 heterocycles. The first-order valence-corrected chi connectivity index (χ1v) is 5.42. The largest absolute Gasteiger partial charge is 0.295 e. The van der Waals surface area contributed by atoms with Crippen LogP contribution in [0.4, 0.5) is 8.78 Å². The van der Waals surface area contributed by atoms with E-state index in [1.165, 1.54) is 6.08 Å². The Hall–Kier alpha value is -0.730. The fourth-order valence-electron chi connectivity index (χ4n) is 1.47. The molecule has 0 unspecified atom stereocenters. The van der Waals surface area contributed by atoms with Crippen molar-refractivity contribution in [1.82, 2.24) is 0 Å². The van der Waals surface area contributed by atoms with Crippen molar-refractivity contribution in [3.05, 3.63) is 12.2 Å². The number of halogens is 2. The Morgan fingerprint density at radius 2 is 1.87 bits per heavy atom. The van der Waals surface area contributed by atoms with E-state index in [0.29, 0.717) is 11.8 Å². The van der Waals surface area contributed by atoms with Gasteiger partial charge in [0.05, 0.1) is 0 Å². The molecule has 3 heteroatoms. The van der Waals surface area contributed by atoms with Gasteiger partial charge in [0.2, 0.25) is 5.92 Å². The Balaban J connectivity index is 2.37. The molecule has 1 nitrogen and oxygen atoms in total. The van der Waals surface area contributed by atoms with Gasteiger partial charge in [-0.25, -0.2) is 8.78 Å². The van der Waals surface area contributed by atoms with Crippen molar-refractivity contribution in [3.63, 3.8) is 0 Å². The molecular weight excluding hydrogens is 198 g/mol. The van der Waals surface area contributed by atoms with Gasteiger partial charge in [-0.1, -0.05) is 26.8 Å². The molecule has 1 fully saturated rings. The number of carbonyl (C=O) groups excluding carboxylic acids is 1. The number of carbonyl (C=O) groups is 1. The second-order valence-electron chi connectivity index (χ2n) is 4.83. The summed E-state index contributed by atoms with van der Waals surface area (Å²) in [6.07, 6.45) is 2.76. The average molecular weight is 216 g/mol. The fraction of sp³-hybridized carbons (Fsp3) is 0.750. The van der Waals surface area contributed by atoms with Gasteiger partial charge in [-0.15, -0.1) is 0 Å². The first-order chi connectivity index (χ1) is 6.82. The van der Waals surface area contributed by atoms with E-state index in [-0.39, 0.29) is 18.6 Å². The Labute approximate surface area is 89.6 Å². The lowest BCUT2D eigenvalue weighted by molar-refractivity contribution is -0.143. The quantitative estimate of drug-likeness (QED) is 0.658. The molecule has 0 N–H and O–H groups in total. The molecule has 1 aliphatic carbocycles. The van der Waals surface area contributed by atoms with E-state index in [1.807, 2.05) is 13.0 Å². The molecule has 0 radical (unpaired) electrons. The third-order valence-corrected chi connectivity index (χ3v) is 3.11. The van der Waals surface area contributed by atoms with Gasteiger partial charge >= 0.3 is 0 Å². The second-order valence-corrected chi connectivity index (χ2v) is 4.83. The van der Waals surface area contributed by atoms with Crippen LogP contribution in [-0.2, 0) is 4.79 Å². The van der Waals surface area contributed by atoms with Crippen molar-refractivity contribution < 1.29 is 13.6 Å². The zero-order valence-corrected chi connectivity index (χ0v) is 9.47. The summed E-state index contributed by atoms with van der Waals surface area (Å²) in [5.74, 6) is -2.41. The molecule has 0 saturated heterocycles. The molecule has 86 valence electrons. The first-order valence-electron chi connectivity index (χ1n) is 5.42. The number of alkyl halides is 2. The monoisotopic (exact) mass is 216 g/mol. The van der Waals surface area contributed by atoms with Gasteiger partial charge in [0.25, 0.3) is 0 Å². The lowest BCUT2D eigenvalue weighted by atomic mass is 9.78. The highest BCUT2D eigenvalue weighted by molar-refractivity contribution is 5.92. The summed E-state index contributed by atoms with van der Waals surface area (Å²) in [4.78, 5) is 11.4. The number of allylic oxidation sites excluding steroid dienone is 2. The first kappa shape index (κ1) is 12.3. The lowest BCUT2D eigenvalue weighted by Crippen LogP contribution is -2.39. The number of hydrogen-bond donors (Lipinski definition) is 0. The van der Waals surface area contributed by atoms with Crippen molar-refractivity contribution in [2.75, 3.05) is 0 Å². The zero-order valence-electron chi connectivity index (χ0n) is 9.47. The van der Waals surface area contributed by atoms with E-state index in [4.69, 9.17) is 0 Å². The van der Waals surface area contributed by atoms with Gasteiger partial charge in [-0.2, -0.15) is 0 Å². The minimum Gasteiger partial charge on any atom is -0.295 e. The number of ketones is 1. The zero-order chi connectivity index (χ0) is 11.6. The molecular formula is C12H18F2O. The normalized spacial score (nSPS) is 23.1. The van der Waals surface area contributed by atoms with Crippen LogP contribution in [0.3, 0.4) is 0 Å². The number of rotatable bonds is 4. The van der Waals surface area contributed by atoms with Gasteiger partial charge < -0.3 is 0 Å². The molecule has 0 spiro atoms. The summed E-state index contributed by atoms with van der Waals surface area (Å²) >= 11 is 0. The maximum Gasteiger partial charge on any atom is 0.249 e. The minimum absolute atomic E-state index is 0.145. The van der Waals surface area contributed by atoms with E-state index >= 15 is 0 Å². The van der Waals surface area contributed by atoms with Crippen LogP contribution < -0.4 is 0 Å². The number of hydrogen-bond acceptors (Lipinski definition) is 1. The molecule has 1 aliphatic rings. The molecule has 0 aliphatic heterocycles. The van der Waals surface area contributed by atoms with E-state index < -0.39 is 11.8 Å². The van der Waals surface area contributed by atoms with Gasteiger partial charge in [-0.3, -0.25) is 4.79 Å². The third kappa shape index (κ3) is 3.40. The smallest absolute Gasteiger partial charge is 0.249 e. The highest BCUT2D eigenvalue weighted by Crippen LogP contribution is 2.42. The third-order valence-electron chi connectivity index (χ3n) is 3.11. The predicted molar refractivity (Wildman–Crippen MR) is 55.8 cm³/mol. The molecule has 1 rings (SSSR count). The fourth-order valence-corrected chi connectivity index (χ4v) is 1.47. The molecule has 0 aromatic heterocycles. The van der Waals surface area contributed by atoms with E-state index in [0.717, 1.165) is 0 Å². The maximum atomic E-state index is 12.5. The van der Waals surface area contributed by atoms with Gasteiger partial charge in [0.1, 0.15) is 0 Å². The highest BCUT2D eigenvalue weighted by atomic mass is 19.3. The van der Waals surface area contributed by atoms with Crippen molar-refractivity contribution in [3.8, 4) is 0 Å². The molecule has 15 heavy (non-hydrogen) atoms. The standard InChI is InChI=1S/C12H18F2O/c1-8(2)9(3)4-5-11(15)10-6-12(13,14)7-10/h4-5,8-10H,6-7H2,1-3H3/b5-4+/t9-/m1/s1. The topological polar surface area (TPSA) is 17.1 Å². The average Bonchev–Trinajstić information content (AvgIpc) is 2.09.